The van der Waals surface area contributed by atoms with Gasteiger partial charge >= 0.3 is 10.2 Å². The third-order valence-electron chi connectivity index (χ3n) is 11.0. The number of methoxy groups -OCH3 is 1. The molecule has 2 amide bonds. The van der Waals surface area contributed by atoms with Crippen molar-refractivity contribution in [1.82, 2.24) is 18.5 Å². The average molecular weight is 645 g/mol. The molecule has 2 aliphatic heterocycles. The number of carbonyl (C=O) groups excluding carboxylic acids is 2. The molecule has 4 aliphatic rings. The van der Waals surface area contributed by atoms with Crippen LogP contribution in [0.1, 0.15) is 98.0 Å². The maximum atomic E-state index is 14.0. The van der Waals surface area contributed by atoms with Gasteiger partial charge in [-0.3, -0.25) is 9.59 Å². The van der Waals surface area contributed by atoms with E-state index in [4.69, 9.17) is 4.74 Å². The summed E-state index contributed by atoms with van der Waals surface area (Å²) in [7, 11) is 0.510. The van der Waals surface area contributed by atoms with Crippen LogP contribution in [-0.4, -0.2) is 61.3 Å². The van der Waals surface area contributed by atoms with Gasteiger partial charge in [0.1, 0.15) is 5.75 Å². The zero-order chi connectivity index (χ0) is 32.5. The minimum Gasteiger partial charge on any atom is -0.497 e. The Labute approximate surface area is 271 Å². The Morgan fingerprint density at radius 1 is 1.09 bits per heavy atom. The van der Waals surface area contributed by atoms with Crippen LogP contribution in [0.3, 0.4) is 0 Å². The van der Waals surface area contributed by atoms with E-state index in [0.717, 1.165) is 70.0 Å². The van der Waals surface area contributed by atoms with Crippen molar-refractivity contribution in [2.24, 2.45) is 5.41 Å². The largest absolute Gasteiger partial charge is 0.497 e. The lowest BCUT2D eigenvalue weighted by atomic mass is 9.81. The lowest BCUT2D eigenvalue weighted by molar-refractivity contribution is -0.131. The van der Waals surface area contributed by atoms with Crippen LogP contribution in [0.15, 0.2) is 48.7 Å². The number of aromatic nitrogens is 1. The monoisotopic (exact) mass is 644 g/mol. The van der Waals surface area contributed by atoms with Gasteiger partial charge in [-0.15, -0.1) is 0 Å². The molecular weight excluding hydrogens is 600 g/mol. The summed E-state index contributed by atoms with van der Waals surface area (Å²) in [5, 5.41) is 1.10. The van der Waals surface area contributed by atoms with Gasteiger partial charge in [-0.25, -0.2) is 4.72 Å². The van der Waals surface area contributed by atoms with E-state index in [-0.39, 0.29) is 28.8 Å². The zero-order valence-electron chi connectivity index (χ0n) is 27.3. The van der Waals surface area contributed by atoms with Gasteiger partial charge in [-0.1, -0.05) is 31.9 Å². The van der Waals surface area contributed by atoms with Gasteiger partial charge in [0.15, 0.2) is 0 Å². The number of benzene rings is 2. The Bertz CT molecular complexity index is 1870. The van der Waals surface area contributed by atoms with E-state index >= 15 is 0 Å². The van der Waals surface area contributed by atoms with Gasteiger partial charge in [0.2, 0.25) is 5.91 Å². The van der Waals surface area contributed by atoms with E-state index in [2.05, 4.69) is 34.9 Å². The van der Waals surface area contributed by atoms with Crippen LogP contribution in [0, 0.1) is 5.41 Å². The number of nitrogens with zero attached hydrogens (tertiary/aromatic N) is 3. The minimum atomic E-state index is -3.96. The predicted octanol–water partition coefficient (Wildman–Crippen LogP) is 6.30. The van der Waals surface area contributed by atoms with Gasteiger partial charge in [0.05, 0.1) is 12.8 Å². The highest BCUT2D eigenvalue weighted by molar-refractivity contribution is 7.87. The molecule has 3 atom stereocenters. The number of amides is 2. The number of allylic oxidation sites excluding steroid dienone is 1. The van der Waals surface area contributed by atoms with Gasteiger partial charge in [0.25, 0.3) is 5.91 Å². The second-order valence-corrected chi connectivity index (χ2v) is 16.0. The summed E-state index contributed by atoms with van der Waals surface area (Å²) in [6.45, 7) is 6.94. The molecule has 10 heteroatoms. The molecule has 2 aliphatic carbocycles. The molecule has 3 unspecified atom stereocenters. The highest BCUT2D eigenvalue weighted by Gasteiger charge is 2.59. The Morgan fingerprint density at radius 3 is 2.52 bits per heavy atom. The third kappa shape index (κ3) is 5.04. The predicted molar refractivity (Wildman–Crippen MR) is 179 cm³/mol. The number of rotatable bonds is 7. The molecule has 2 saturated carbocycles. The topological polar surface area (TPSA) is 101 Å². The van der Waals surface area contributed by atoms with Crippen molar-refractivity contribution in [2.75, 3.05) is 21.2 Å². The Balaban J connectivity index is 1.41. The van der Waals surface area contributed by atoms with Crippen molar-refractivity contribution < 1.29 is 22.7 Å². The minimum absolute atomic E-state index is 0.128. The summed E-state index contributed by atoms with van der Waals surface area (Å²) in [5.41, 5.74) is 6.64. The first kappa shape index (κ1) is 31.0. The summed E-state index contributed by atoms with van der Waals surface area (Å²) < 4.78 is 36.3. The smallest absolute Gasteiger partial charge is 0.303 e. The summed E-state index contributed by atoms with van der Waals surface area (Å²) >= 11 is 0. The molecule has 1 saturated heterocycles. The first-order chi connectivity index (χ1) is 21.9. The van der Waals surface area contributed by atoms with Crippen molar-refractivity contribution in [3.05, 3.63) is 65.4 Å². The lowest BCUT2D eigenvalue weighted by Gasteiger charge is -2.26. The van der Waals surface area contributed by atoms with Crippen molar-refractivity contribution in [3.8, 4) is 17.0 Å². The molecule has 1 N–H and O–H groups in total. The molecule has 0 spiro atoms. The first-order valence-electron chi connectivity index (χ1n) is 16.5. The summed E-state index contributed by atoms with van der Waals surface area (Å²) in [6, 6.07) is 12.1. The van der Waals surface area contributed by atoms with Crippen molar-refractivity contribution >= 4 is 32.9 Å². The Morgan fingerprint density at radius 2 is 1.85 bits per heavy atom. The number of ether oxygens (including phenoxy) is 1. The number of hydrogen-bond donors (Lipinski definition) is 1. The van der Waals surface area contributed by atoms with Gasteiger partial charge in [-0.05, 0) is 92.3 Å². The van der Waals surface area contributed by atoms with E-state index in [0.29, 0.717) is 18.9 Å². The van der Waals surface area contributed by atoms with Crippen molar-refractivity contribution in [3.63, 3.8) is 0 Å². The van der Waals surface area contributed by atoms with Crippen LogP contribution >= 0.6 is 0 Å². The highest BCUT2D eigenvalue weighted by Crippen LogP contribution is 2.67. The Kier molecular flexibility index (Phi) is 7.59. The molecule has 0 bridgehead atoms. The SMILES string of the molecule is C=C1CCC(C)N1C(=O)CC12CC1c1cc(OC)ccc1-c1c(C3CCCCC3)c3ccc(C(=O)NS(=O)(=O)N(C)C)cc3n1C2. The molecule has 7 rings (SSSR count). The molecule has 3 aromatic rings. The van der Waals surface area contributed by atoms with E-state index < -0.39 is 16.1 Å². The fourth-order valence-electron chi connectivity index (χ4n) is 8.49. The van der Waals surface area contributed by atoms with Crippen LogP contribution in [0.2, 0.25) is 0 Å². The maximum absolute atomic E-state index is 14.0. The quantitative estimate of drug-likeness (QED) is 0.325. The fourth-order valence-corrected chi connectivity index (χ4v) is 9.02. The Hall–Kier alpha value is -3.63. The number of likely N-dealkylation sites (tertiary alicyclic amines) is 1. The van der Waals surface area contributed by atoms with Crippen LogP contribution < -0.4 is 9.46 Å². The third-order valence-corrected chi connectivity index (χ3v) is 12.4. The number of fused-ring (bicyclic) bond motifs is 7. The number of carbonyl (C=O) groups is 2. The molecule has 2 aromatic carbocycles. The molecule has 3 fully saturated rings. The van der Waals surface area contributed by atoms with Crippen molar-refractivity contribution in [1.29, 1.82) is 0 Å². The molecule has 46 heavy (non-hydrogen) atoms. The summed E-state index contributed by atoms with van der Waals surface area (Å²) in [6.07, 6.45) is 8.86. The molecular formula is C36H44N4O5S. The highest BCUT2D eigenvalue weighted by atomic mass is 32.2. The van der Waals surface area contributed by atoms with Gasteiger partial charge in [0, 0.05) is 66.2 Å². The van der Waals surface area contributed by atoms with Gasteiger partial charge in [-0.2, -0.15) is 12.7 Å². The zero-order valence-corrected chi connectivity index (χ0v) is 28.1. The van der Waals surface area contributed by atoms with Crippen LogP contribution in [0.5, 0.6) is 5.75 Å². The second kappa shape index (κ2) is 11.3. The van der Waals surface area contributed by atoms with E-state index in [1.165, 1.54) is 44.5 Å². The standard InChI is InChI=1S/C36H44N4O5S/c1-22-11-12-23(2)40(22)32(41)20-36-19-30(36)29-18-26(45-5)14-16-27(29)34-33(24-9-7-6-8-10-24)28-15-13-25(17-31(28)39(34)21-36)35(42)37-46(43,44)38(3)4/h13-18,23-24,30H,1,6-12,19-21H2,2-5H3,(H,37,42). The normalized spacial score (nSPS) is 24.4. The summed E-state index contributed by atoms with van der Waals surface area (Å²) in [4.78, 5) is 29.2. The molecule has 0 radical (unpaired) electrons. The fraction of sp³-hybridized carbons (Fsp3) is 0.500. The van der Waals surface area contributed by atoms with Crippen LogP contribution in [-0.2, 0) is 21.5 Å². The van der Waals surface area contributed by atoms with E-state index in [1.807, 2.05) is 23.1 Å². The van der Waals surface area contributed by atoms with Crippen molar-refractivity contribution in [2.45, 2.75) is 89.1 Å². The first-order valence-corrected chi connectivity index (χ1v) is 18.0. The second-order valence-electron chi connectivity index (χ2n) is 14.1. The molecule has 244 valence electrons. The van der Waals surface area contributed by atoms with E-state index in [1.54, 1.807) is 13.2 Å². The average Bonchev–Trinajstić information content (AvgIpc) is 3.52. The molecule has 9 nitrogen and oxygen atoms in total. The van der Waals surface area contributed by atoms with Gasteiger partial charge < -0.3 is 14.2 Å². The van der Waals surface area contributed by atoms with Crippen LogP contribution in [0.25, 0.3) is 22.2 Å². The number of hydrogen-bond acceptors (Lipinski definition) is 5. The maximum Gasteiger partial charge on any atom is 0.303 e. The van der Waals surface area contributed by atoms with Crippen LogP contribution in [0.4, 0.5) is 0 Å². The number of nitrogens with one attached hydrogen (secondary N) is 1. The summed E-state index contributed by atoms with van der Waals surface area (Å²) in [5.74, 6) is 0.830. The lowest BCUT2D eigenvalue weighted by Crippen LogP contribution is -2.39. The molecule has 3 heterocycles. The van der Waals surface area contributed by atoms with E-state index in [9.17, 15) is 18.0 Å². The molecule has 1 aromatic heterocycles.